The van der Waals surface area contributed by atoms with E-state index in [0.29, 0.717) is 0 Å². The summed E-state index contributed by atoms with van der Waals surface area (Å²) in [7, 11) is 0. The fourth-order valence-electron chi connectivity index (χ4n) is 4.72. The number of hydrogen-bond acceptors (Lipinski definition) is 1. The molecule has 0 spiro atoms. The maximum absolute atomic E-state index is 5.80. The van der Waals surface area contributed by atoms with Gasteiger partial charge in [-0.3, -0.25) is 0 Å². The lowest BCUT2D eigenvalue weighted by molar-refractivity contribution is 0.125. The van der Waals surface area contributed by atoms with Gasteiger partial charge in [-0.05, 0) is 12.8 Å². The van der Waals surface area contributed by atoms with E-state index >= 15 is 0 Å². The summed E-state index contributed by atoms with van der Waals surface area (Å²) >= 11 is 0. The Morgan fingerprint density at radius 2 is 0.438 bits per heavy atom. The maximum atomic E-state index is 5.80. The molecule has 0 heterocycles. The third-order valence-corrected chi connectivity index (χ3v) is 7.03. The Morgan fingerprint density at radius 3 is 0.656 bits per heavy atom. The third-order valence-electron chi connectivity index (χ3n) is 7.03. The van der Waals surface area contributed by atoms with Gasteiger partial charge >= 0.3 is 0 Å². The summed E-state index contributed by atoms with van der Waals surface area (Å²) in [6, 6.07) is 0. The zero-order chi connectivity index (χ0) is 23.2. The predicted molar refractivity (Wildman–Crippen MR) is 147 cm³/mol. The van der Waals surface area contributed by atoms with Crippen molar-refractivity contribution in [2.24, 2.45) is 0 Å². The highest BCUT2D eigenvalue weighted by Gasteiger charge is 1.96. The van der Waals surface area contributed by atoms with Gasteiger partial charge in [-0.2, -0.15) is 0 Å². The Labute approximate surface area is 205 Å². The predicted octanol–water partition coefficient (Wildman–Crippen LogP) is 11.6. The summed E-state index contributed by atoms with van der Waals surface area (Å²) in [5.74, 6) is 0. The molecule has 0 saturated heterocycles. The van der Waals surface area contributed by atoms with E-state index in [9.17, 15) is 0 Å². The first-order valence-electron chi connectivity index (χ1n) is 15.5. The first kappa shape index (κ1) is 32.0. The zero-order valence-electron chi connectivity index (χ0n) is 22.9. The Balaban J connectivity index is 2.98. The van der Waals surface area contributed by atoms with Crippen LogP contribution in [0.2, 0.25) is 0 Å². The van der Waals surface area contributed by atoms with E-state index in [1.165, 1.54) is 173 Å². The van der Waals surface area contributed by atoms with Crippen LogP contribution < -0.4 is 0 Å². The average molecular weight is 453 g/mol. The summed E-state index contributed by atoms with van der Waals surface area (Å²) in [5.41, 5.74) is 0. The van der Waals surface area contributed by atoms with Crippen molar-refractivity contribution in [3.8, 4) is 0 Å². The average Bonchev–Trinajstić information content (AvgIpc) is 2.81. The van der Waals surface area contributed by atoms with E-state index in [2.05, 4.69) is 13.8 Å². The van der Waals surface area contributed by atoms with Crippen molar-refractivity contribution in [1.29, 1.82) is 0 Å². The molecular weight excluding hydrogens is 388 g/mol. The molecule has 0 unspecified atom stereocenters. The fraction of sp³-hybridized carbons (Fsp3) is 1.00. The van der Waals surface area contributed by atoms with E-state index in [-0.39, 0.29) is 0 Å². The second kappa shape index (κ2) is 31.0. The summed E-state index contributed by atoms with van der Waals surface area (Å²) < 4.78 is 5.80. The van der Waals surface area contributed by atoms with Crippen molar-refractivity contribution in [2.45, 2.75) is 187 Å². The summed E-state index contributed by atoms with van der Waals surface area (Å²) in [5, 5.41) is 0. The first-order valence-corrected chi connectivity index (χ1v) is 15.5. The molecule has 0 aliphatic heterocycles. The van der Waals surface area contributed by atoms with Gasteiger partial charge in [0.05, 0.1) is 0 Å². The quantitative estimate of drug-likeness (QED) is 0.102. The number of rotatable bonds is 29. The Kier molecular flexibility index (Phi) is 30.9. The molecule has 0 aliphatic rings. The first-order chi connectivity index (χ1) is 15.9. The number of unbranched alkanes of at least 4 members (excludes halogenated alkanes) is 25. The van der Waals surface area contributed by atoms with Crippen molar-refractivity contribution in [1.82, 2.24) is 0 Å². The maximum Gasteiger partial charge on any atom is 0.0466 e. The molecule has 0 radical (unpaired) electrons. The molecule has 1 heteroatoms. The molecule has 1 nitrogen and oxygen atoms in total. The second-order valence-electron chi connectivity index (χ2n) is 10.5. The van der Waals surface area contributed by atoms with Crippen molar-refractivity contribution in [2.75, 3.05) is 13.2 Å². The highest BCUT2D eigenvalue weighted by molar-refractivity contribution is 4.51. The van der Waals surface area contributed by atoms with Crippen LogP contribution in [0.5, 0.6) is 0 Å². The Hall–Kier alpha value is -0.0400. The van der Waals surface area contributed by atoms with Gasteiger partial charge in [-0.25, -0.2) is 0 Å². The van der Waals surface area contributed by atoms with Crippen LogP contribution in [0.15, 0.2) is 0 Å². The van der Waals surface area contributed by atoms with Crippen LogP contribution in [0.3, 0.4) is 0 Å². The smallest absolute Gasteiger partial charge is 0.0466 e. The minimum absolute atomic E-state index is 0.993. The Morgan fingerprint density at radius 1 is 0.250 bits per heavy atom. The second-order valence-corrected chi connectivity index (χ2v) is 10.5. The van der Waals surface area contributed by atoms with Crippen molar-refractivity contribution < 1.29 is 4.74 Å². The summed E-state index contributed by atoms with van der Waals surface area (Å²) in [6.07, 6.45) is 38.6. The van der Waals surface area contributed by atoms with Crippen LogP contribution in [0.4, 0.5) is 0 Å². The Bertz CT molecular complexity index is 271. The summed E-state index contributed by atoms with van der Waals surface area (Å²) in [6.45, 7) is 6.58. The molecule has 0 N–H and O–H groups in total. The fourth-order valence-corrected chi connectivity index (χ4v) is 4.72. The van der Waals surface area contributed by atoms with Gasteiger partial charge in [0.15, 0.2) is 0 Å². The van der Waals surface area contributed by atoms with Crippen LogP contribution >= 0.6 is 0 Å². The molecule has 0 aromatic rings. The van der Waals surface area contributed by atoms with E-state index in [1.807, 2.05) is 0 Å². The van der Waals surface area contributed by atoms with E-state index in [0.717, 1.165) is 13.2 Å². The van der Waals surface area contributed by atoms with Crippen LogP contribution in [0.1, 0.15) is 187 Å². The SMILES string of the molecule is CCCCCCCCCCCCCCCCCCCCCCOCCCCCCCCC. The lowest BCUT2D eigenvalue weighted by atomic mass is 10.0. The van der Waals surface area contributed by atoms with Crippen LogP contribution in [0, 0.1) is 0 Å². The lowest BCUT2D eigenvalue weighted by Crippen LogP contribution is -1.97. The van der Waals surface area contributed by atoms with E-state index in [1.54, 1.807) is 0 Å². The van der Waals surface area contributed by atoms with Crippen LogP contribution in [-0.4, -0.2) is 13.2 Å². The highest BCUT2D eigenvalue weighted by atomic mass is 16.5. The minimum Gasteiger partial charge on any atom is -0.381 e. The van der Waals surface area contributed by atoms with Gasteiger partial charge in [-0.1, -0.05) is 174 Å². The molecule has 0 aliphatic carbocycles. The monoisotopic (exact) mass is 452 g/mol. The van der Waals surface area contributed by atoms with Crippen molar-refractivity contribution in [3.05, 3.63) is 0 Å². The molecular formula is C31H64O. The van der Waals surface area contributed by atoms with Gasteiger partial charge in [-0.15, -0.1) is 0 Å². The van der Waals surface area contributed by atoms with Crippen LogP contribution in [0.25, 0.3) is 0 Å². The minimum atomic E-state index is 0.993. The molecule has 0 rings (SSSR count). The summed E-state index contributed by atoms with van der Waals surface area (Å²) in [4.78, 5) is 0. The standard InChI is InChI=1S/C31H64O/c1-3-5-7-9-11-12-13-14-15-16-17-18-19-20-21-22-23-25-27-29-31-32-30-28-26-24-10-8-6-4-2/h3-31H2,1-2H3. The van der Waals surface area contributed by atoms with E-state index in [4.69, 9.17) is 4.74 Å². The number of hydrogen-bond donors (Lipinski definition) is 0. The lowest BCUT2D eigenvalue weighted by Gasteiger charge is -2.05. The molecule has 32 heavy (non-hydrogen) atoms. The molecule has 0 bridgehead atoms. The van der Waals surface area contributed by atoms with Crippen molar-refractivity contribution in [3.63, 3.8) is 0 Å². The molecule has 0 atom stereocenters. The van der Waals surface area contributed by atoms with Gasteiger partial charge in [0.1, 0.15) is 0 Å². The molecule has 0 aromatic heterocycles. The van der Waals surface area contributed by atoms with Gasteiger partial charge in [0.25, 0.3) is 0 Å². The highest BCUT2D eigenvalue weighted by Crippen LogP contribution is 2.15. The molecule has 194 valence electrons. The van der Waals surface area contributed by atoms with E-state index < -0.39 is 0 Å². The van der Waals surface area contributed by atoms with Crippen LogP contribution in [-0.2, 0) is 4.74 Å². The molecule has 0 fully saturated rings. The van der Waals surface area contributed by atoms with Gasteiger partial charge in [0.2, 0.25) is 0 Å². The van der Waals surface area contributed by atoms with Gasteiger partial charge in [0, 0.05) is 13.2 Å². The molecule has 0 aromatic carbocycles. The molecule has 0 saturated carbocycles. The van der Waals surface area contributed by atoms with Gasteiger partial charge < -0.3 is 4.74 Å². The topological polar surface area (TPSA) is 9.23 Å². The number of ether oxygens (including phenoxy) is 1. The normalized spacial score (nSPS) is 11.4. The zero-order valence-corrected chi connectivity index (χ0v) is 22.9. The van der Waals surface area contributed by atoms with Crippen molar-refractivity contribution >= 4 is 0 Å². The largest absolute Gasteiger partial charge is 0.381 e. The molecule has 0 amide bonds. The third kappa shape index (κ3) is 30.0.